The molecule has 0 aromatic heterocycles. The molecule has 1 saturated carbocycles. The van der Waals surface area contributed by atoms with Crippen LogP contribution in [-0.4, -0.2) is 40.4 Å². The fourth-order valence-electron chi connectivity index (χ4n) is 1.04. The van der Waals surface area contributed by atoms with Gasteiger partial charge in [0.05, 0.1) is 6.26 Å². The van der Waals surface area contributed by atoms with Gasteiger partial charge in [0, 0.05) is 41.6 Å². The molecule has 0 aliphatic heterocycles. The Morgan fingerprint density at radius 1 is 1.30 bits per heavy atom. The molecule has 0 atom stereocenters. The molecule has 1 N–H and O–H groups in total. The van der Waals surface area contributed by atoms with Gasteiger partial charge in [-0.15, -0.1) is 0 Å². The summed E-state index contributed by atoms with van der Waals surface area (Å²) in [5.74, 6) is 0.115. The van der Waals surface area contributed by atoms with Crippen LogP contribution in [-0.2, 0) is 4.79 Å². The minimum atomic E-state index is 0. The SMILES string of the molecule is O=C1CCCCC1=CO.[Na]. The van der Waals surface area contributed by atoms with Gasteiger partial charge in [0.2, 0.25) is 0 Å². The van der Waals surface area contributed by atoms with Crippen LogP contribution in [0.1, 0.15) is 25.7 Å². The Labute approximate surface area is 82.6 Å². The van der Waals surface area contributed by atoms with Crippen molar-refractivity contribution in [3.8, 4) is 0 Å². The Hall–Kier alpha value is 0.210. The normalized spacial score (nSPS) is 22.4. The smallest absolute Gasteiger partial charge is 0.161 e. The first-order chi connectivity index (χ1) is 4.34. The molecule has 1 aliphatic carbocycles. The molecule has 0 aromatic carbocycles. The second kappa shape index (κ2) is 4.94. The summed E-state index contributed by atoms with van der Waals surface area (Å²) in [5, 5.41) is 8.48. The van der Waals surface area contributed by atoms with Crippen molar-refractivity contribution in [1.82, 2.24) is 0 Å². The third-order valence-corrected chi connectivity index (χ3v) is 1.61. The minimum Gasteiger partial charge on any atom is -0.515 e. The molecule has 1 fully saturated rings. The van der Waals surface area contributed by atoms with E-state index in [0.29, 0.717) is 12.0 Å². The number of Topliss-reactive ketones (excluding diaryl/α,β-unsaturated/α-hetero) is 1. The minimum absolute atomic E-state index is 0. The van der Waals surface area contributed by atoms with Crippen LogP contribution < -0.4 is 0 Å². The fourth-order valence-corrected chi connectivity index (χ4v) is 1.04. The average Bonchev–Trinajstić information content (AvgIpc) is 1.89. The van der Waals surface area contributed by atoms with E-state index in [9.17, 15) is 4.79 Å². The van der Waals surface area contributed by atoms with Gasteiger partial charge in [0.25, 0.3) is 0 Å². The van der Waals surface area contributed by atoms with Crippen LogP contribution in [0.15, 0.2) is 11.8 Å². The van der Waals surface area contributed by atoms with Gasteiger partial charge in [-0.05, 0) is 19.3 Å². The van der Waals surface area contributed by atoms with E-state index in [1.54, 1.807) is 0 Å². The van der Waals surface area contributed by atoms with Crippen LogP contribution in [0.5, 0.6) is 0 Å². The molecule has 0 unspecified atom stereocenters. The number of carbonyl (C=O) groups excluding carboxylic acids is 1. The van der Waals surface area contributed by atoms with Gasteiger partial charge in [-0.2, -0.15) is 0 Å². The van der Waals surface area contributed by atoms with E-state index in [1.165, 1.54) is 0 Å². The summed E-state index contributed by atoms with van der Waals surface area (Å²) >= 11 is 0. The van der Waals surface area contributed by atoms with Crippen LogP contribution in [0.25, 0.3) is 0 Å². The summed E-state index contributed by atoms with van der Waals surface area (Å²) in [7, 11) is 0. The maximum Gasteiger partial charge on any atom is 0.161 e. The topological polar surface area (TPSA) is 37.3 Å². The molecule has 0 heterocycles. The molecule has 0 bridgehead atoms. The number of hydrogen-bond donors (Lipinski definition) is 1. The molecule has 0 spiro atoms. The molecule has 2 nitrogen and oxygen atoms in total. The average molecular weight is 149 g/mol. The number of carbonyl (C=O) groups is 1. The number of aliphatic hydroxyl groups excluding tert-OH is 1. The summed E-state index contributed by atoms with van der Waals surface area (Å²) in [5.41, 5.74) is 0.598. The third-order valence-electron chi connectivity index (χ3n) is 1.61. The Kier molecular flexibility index (Phi) is 5.04. The van der Waals surface area contributed by atoms with Gasteiger partial charge in [-0.1, -0.05) is 0 Å². The van der Waals surface area contributed by atoms with Crippen LogP contribution >= 0.6 is 0 Å². The molecule has 1 radical (unpaired) electrons. The van der Waals surface area contributed by atoms with E-state index in [2.05, 4.69) is 0 Å². The first kappa shape index (κ1) is 10.2. The first-order valence-corrected chi connectivity index (χ1v) is 3.21. The van der Waals surface area contributed by atoms with Crippen molar-refractivity contribution in [2.45, 2.75) is 25.7 Å². The number of allylic oxidation sites excluding steroid dienone is 1. The molecule has 1 rings (SSSR count). The van der Waals surface area contributed by atoms with Crippen molar-refractivity contribution in [2.24, 2.45) is 0 Å². The zero-order valence-corrected chi connectivity index (χ0v) is 8.26. The number of ketones is 1. The molecule has 0 aromatic rings. The van der Waals surface area contributed by atoms with Gasteiger partial charge < -0.3 is 5.11 Å². The Morgan fingerprint density at radius 2 is 1.90 bits per heavy atom. The van der Waals surface area contributed by atoms with Gasteiger partial charge in [0.1, 0.15) is 0 Å². The first-order valence-electron chi connectivity index (χ1n) is 3.21. The van der Waals surface area contributed by atoms with E-state index >= 15 is 0 Å². The summed E-state index contributed by atoms with van der Waals surface area (Å²) in [6.07, 6.45) is 4.34. The monoisotopic (exact) mass is 149 g/mol. The van der Waals surface area contributed by atoms with Crippen LogP contribution in [0.4, 0.5) is 0 Å². The van der Waals surface area contributed by atoms with Crippen LogP contribution in [0.2, 0.25) is 0 Å². The van der Waals surface area contributed by atoms with Gasteiger partial charge >= 0.3 is 0 Å². The van der Waals surface area contributed by atoms with E-state index in [-0.39, 0.29) is 35.3 Å². The fraction of sp³-hybridized carbons (Fsp3) is 0.571. The van der Waals surface area contributed by atoms with Crippen molar-refractivity contribution in [1.29, 1.82) is 0 Å². The Bertz CT molecular complexity index is 152. The summed E-state index contributed by atoms with van der Waals surface area (Å²) < 4.78 is 0. The largest absolute Gasteiger partial charge is 0.515 e. The quantitative estimate of drug-likeness (QED) is 0.319. The van der Waals surface area contributed by atoms with Crippen LogP contribution in [0, 0.1) is 0 Å². The molecule has 0 saturated heterocycles. The van der Waals surface area contributed by atoms with Gasteiger partial charge in [0.15, 0.2) is 5.78 Å². The molecular formula is C7H10NaO2. The summed E-state index contributed by atoms with van der Waals surface area (Å²) in [6, 6.07) is 0. The molecule has 10 heavy (non-hydrogen) atoms. The van der Waals surface area contributed by atoms with E-state index in [1.807, 2.05) is 0 Å². The van der Waals surface area contributed by atoms with Crippen molar-refractivity contribution in [3.63, 3.8) is 0 Å². The van der Waals surface area contributed by atoms with E-state index < -0.39 is 0 Å². The molecule has 51 valence electrons. The Morgan fingerprint density at radius 3 is 2.30 bits per heavy atom. The second-order valence-electron chi connectivity index (χ2n) is 2.28. The molecule has 0 amide bonds. The van der Waals surface area contributed by atoms with Crippen molar-refractivity contribution in [2.75, 3.05) is 0 Å². The molecular weight excluding hydrogens is 139 g/mol. The van der Waals surface area contributed by atoms with Crippen LogP contribution in [0.3, 0.4) is 0 Å². The zero-order chi connectivity index (χ0) is 6.69. The standard InChI is InChI=1S/C7H10O2.Na/c8-5-6-3-1-2-4-7(6)9;/h5,8H,1-4H2;. The van der Waals surface area contributed by atoms with Gasteiger partial charge in [-0.3, -0.25) is 4.79 Å². The number of hydrogen-bond acceptors (Lipinski definition) is 2. The predicted octanol–water partition coefficient (Wildman–Crippen LogP) is 1.19. The summed E-state index contributed by atoms with van der Waals surface area (Å²) in [6.45, 7) is 0. The second-order valence-corrected chi connectivity index (χ2v) is 2.28. The number of aliphatic hydroxyl groups is 1. The molecule has 3 heteroatoms. The maximum atomic E-state index is 10.8. The summed E-state index contributed by atoms with van der Waals surface area (Å²) in [4.78, 5) is 10.8. The Balaban J connectivity index is 0.000000810. The van der Waals surface area contributed by atoms with E-state index in [4.69, 9.17) is 5.11 Å². The van der Waals surface area contributed by atoms with Crippen molar-refractivity contribution in [3.05, 3.63) is 11.8 Å². The van der Waals surface area contributed by atoms with Crippen molar-refractivity contribution >= 4 is 35.3 Å². The van der Waals surface area contributed by atoms with Gasteiger partial charge in [-0.25, -0.2) is 0 Å². The molecule has 1 aliphatic rings. The van der Waals surface area contributed by atoms with Crippen molar-refractivity contribution < 1.29 is 9.90 Å². The van der Waals surface area contributed by atoms with E-state index in [0.717, 1.165) is 25.5 Å². The third kappa shape index (κ3) is 2.45. The predicted molar refractivity (Wildman–Crippen MR) is 39.9 cm³/mol. The maximum absolute atomic E-state index is 10.8. The number of rotatable bonds is 0. The zero-order valence-electron chi connectivity index (χ0n) is 6.26.